The fraction of sp³-hybridized carbons (Fsp3) is 0.188. The number of amides is 2. The maximum atomic E-state index is 12.0. The van der Waals surface area contributed by atoms with E-state index in [4.69, 9.17) is 4.42 Å². The van der Waals surface area contributed by atoms with E-state index in [1.165, 1.54) is 12.3 Å². The van der Waals surface area contributed by atoms with Gasteiger partial charge in [-0.2, -0.15) is 0 Å². The highest BCUT2D eigenvalue weighted by molar-refractivity contribution is 5.98. The first kappa shape index (κ1) is 14.8. The molecule has 2 N–H and O–H groups in total. The van der Waals surface area contributed by atoms with E-state index in [-0.39, 0.29) is 18.2 Å². The summed E-state index contributed by atoms with van der Waals surface area (Å²) in [6, 6.07) is 10.8. The van der Waals surface area contributed by atoms with E-state index in [1.54, 1.807) is 6.07 Å². The highest BCUT2D eigenvalue weighted by Gasteiger charge is 2.14. The third-order valence-corrected chi connectivity index (χ3v) is 3.38. The molecule has 7 heteroatoms. The van der Waals surface area contributed by atoms with E-state index in [0.29, 0.717) is 12.5 Å². The molecule has 0 saturated carbocycles. The zero-order chi connectivity index (χ0) is 16.2. The summed E-state index contributed by atoms with van der Waals surface area (Å²) in [4.78, 5) is 28.1. The van der Waals surface area contributed by atoms with Gasteiger partial charge in [0.05, 0.1) is 23.8 Å². The molecule has 118 valence electrons. The highest BCUT2D eigenvalue weighted by atomic mass is 16.3. The largest absolute Gasteiger partial charge is 0.459 e. The Morgan fingerprint density at radius 2 is 2.04 bits per heavy atom. The summed E-state index contributed by atoms with van der Waals surface area (Å²) in [7, 11) is 0. The average molecular weight is 312 g/mol. The molecule has 0 saturated heterocycles. The van der Waals surface area contributed by atoms with E-state index < -0.39 is 5.91 Å². The molecule has 0 bridgehead atoms. The first-order valence-electron chi connectivity index (χ1n) is 7.26. The molecule has 0 atom stereocenters. The minimum Gasteiger partial charge on any atom is -0.459 e. The third-order valence-electron chi connectivity index (χ3n) is 3.38. The lowest BCUT2D eigenvalue weighted by Gasteiger charge is -2.08. The van der Waals surface area contributed by atoms with Crippen LogP contribution in [0.2, 0.25) is 0 Å². The second kappa shape index (κ2) is 6.35. The smallest absolute Gasteiger partial charge is 0.287 e. The summed E-state index contributed by atoms with van der Waals surface area (Å²) < 4.78 is 6.87. The van der Waals surface area contributed by atoms with E-state index in [2.05, 4.69) is 15.6 Å². The van der Waals surface area contributed by atoms with Gasteiger partial charge < -0.3 is 14.3 Å². The van der Waals surface area contributed by atoms with Crippen LogP contribution in [0.4, 0.5) is 5.95 Å². The number of imidazole rings is 1. The number of furan rings is 1. The van der Waals surface area contributed by atoms with Gasteiger partial charge in [-0.15, -0.1) is 0 Å². The Morgan fingerprint density at radius 1 is 1.22 bits per heavy atom. The van der Waals surface area contributed by atoms with Gasteiger partial charge in [-0.3, -0.25) is 14.9 Å². The standard InChI is InChI=1S/C16H16N4O3/c1-2-20-12-7-4-3-6-11(12)18-16(20)19-14(21)10-17-15(22)13-8-5-9-23-13/h3-9H,2,10H2,1H3,(H,17,22)(H,18,19,21). The monoisotopic (exact) mass is 312 g/mol. The van der Waals surface area contributed by atoms with Gasteiger partial charge in [0, 0.05) is 6.54 Å². The fourth-order valence-corrected chi connectivity index (χ4v) is 2.32. The Kier molecular flexibility index (Phi) is 4.09. The number of hydrogen-bond donors (Lipinski definition) is 2. The number of para-hydroxylation sites is 2. The fourth-order valence-electron chi connectivity index (χ4n) is 2.32. The highest BCUT2D eigenvalue weighted by Crippen LogP contribution is 2.19. The van der Waals surface area contributed by atoms with Crippen LogP contribution >= 0.6 is 0 Å². The molecule has 2 heterocycles. The molecule has 0 aliphatic rings. The maximum Gasteiger partial charge on any atom is 0.287 e. The summed E-state index contributed by atoms with van der Waals surface area (Å²) >= 11 is 0. The number of carbonyl (C=O) groups excluding carboxylic acids is 2. The number of anilines is 1. The van der Waals surface area contributed by atoms with Crippen LogP contribution in [0, 0.1) is 0 Å². The predicted octanol–water partition coefficient (Wildman–Crippen LogP) is 2.02. The predicted molar refractivity (Wildman–Crippen MR) is 85.1 cm³/mol. The molecule has 3 rings (SSSR count). The molecule has 7 nitrogen and oxygen atoms in total. The molecular weight excluding hydrogens is 296 g/mol. The quantitative estimate of drug-likeness (QED) is 0.754. The van der Waals surface area contributed by atoms with E-state index >= 15 is 0 Å². The van der Waals surface area contributed by atoms with Crippen LogP contribution in [-0.2, 0) is 11.3 Å². The molecular formula is C16H16N4O3. The van der Waals surface area contributed by atoms with Crippen molar-refractivity contribution in [2.75, 3.05) is 11.9 Å². The number of carbonyl (C=O) groups is 2. The number of hydrogen-bond acceptors (Lipinski definition) is 4. The Bertz CT molecular complexity index is 836. The average Bonchev–Trinajstić information content (AvgIpc) is 3.19. The minimum absolute atomic E-state index is 0.160. The van der Waals surface area contributed by atoms with Crippen LogP contribution in [0.15, 0.2) is 47.1 Å². The molecule has 0 aliphatic carbocycles. The summed E-state index contributed by atoms with van der Waals surface area (Å²) in [6.45, 7) is 2.49. The van der Waals surface area contributed by atoms with E-state index in [1.807, 2.05) is 35.8 Å². The molecule has 0 spiro atoms. The second-order valence-corrected chi connectivity index (χ2v) is 4.88. The molecule has 0 unspecified atom stereocenters. The topological polar surface area (TPSA) is 89.2 Å². The van der Waals surface area contributed by atoms with Gasteiger partial charge in [-0.1, -0.05) is 12.1 Å². The Morgan fingerprint density at radius 3 is 2.78 bits per heavy atom. The lowest BCUT2D eigenvalue weighted by molar-refractivity contribution is -0.115. The molecule has 2 amide bonds. The normalized spacial score (nSPS) is 10.7. The Hall–Kier alpha value is -3.09. The van der Waals surface area contributed by atoms with E-state index in [9.17, 15) is 9.59 Å². The Balaban J connectivity index is 1.67. The van der Waals surface area contributed by atoms with Gasteiger partial charge in [0.1, 0.15) is 0 Å². The number of nitrogens with one attached hydrogen (secondary N) is 2. The molecule has 0 fully saturated rings. The van der Waals surface area contributed by atoms with Crippen LogP contribution in [0.5, 0.6) is 0 Å². The molecule has 0 radical (unpaired) electrons. The first-order chi connectivity index (χ1) is 11.2. The SMILES string of the molecule is CCn1c(NC(=O)CNC(=O)c2ccco2)nc2ccccc21. The van der Waals surface area contributed by atoms with Crippen molar-refractivity contribution in [3.63, 3.8) is 0 Å². The van der Waals surface area contributed by atoms with Crippen molar-refractivity contribution >= 4 is 28.8 Å². The van der Waals surface area contributed by atoms with E-state index in [0.717, 1.165) is 11.0 Å². The van der Waals surface area contributed by atoms with Crippen molar-refractivity contribution in [3.05, 3.63) is 48.4 Å². The first-order valence-corrected chi connectivity index (χ1v) is 7.26. The van der Waals surface area contributed by atoms with Gasteiger partial charge >= 0.3 is 0 Å². The molecule has 1 aromatic carbocycles. The number of aromatic nitrogens is 2. The van der Waals surface area contributed by atoms with Gasteiger partial charge in [0.15, 0.2) is 5.76 Å². The lowest BCUT2D eigenvalue weighted by atomic mass is 10.3. The number of rotatable bonds is 5. The lowest BCUT2D eigenvalue weighted by Crippen LogP contribution is -2.33. The Labute approximate surface area is 132 Å². The minimum atomic E-state index is -0.436. The summed E-state index contributed by atoms with van der Waals surface area (Å²) in [6.07, 6.45) is 1.40. The van der Waals surface area contributed by atoms with Gasteiger partial charge in [0.2, 0.25) is 11.9 Å². The van der Waals surface area contributed by atoms with Crippen molar-refractivity contribution in [1.29, 1.82) is 0 Å². The van der Waals surface area contributed by atoms with Crippen LogP contribution in [0.25, 0.3) is 11.0 Å². The zero-order valence-corrected chi connectivity index (χ0v) is 12.6. The van der Waals surface area contributed by atoms with Crippen molar-refractivity contribution in [3.8, 4) is 0 Å². The van der Waals surface area contributed by atoms with Gasteiger partial charge in [-0.05, 0) is 31.2 Å². The van der Waals surface area contributed by atoms with Crippen molar-refractivity contribution in [2.24, 2.45) is 0 Å². The number of benzene rings is 1. The van der Waals surface area contributed by atoms with Crippen molar-refractivity contribution in [1.82, 2.24) is 14.9 Å². The van der Waals surface area contributed by atoms with Gasteiger partial charge in [0.25, 0.3) is 5.91 Å². The maximum absolute atomic E-state index is 12.0. The van der Waals surface area contributed by atoms with Crippen molar-refractivity contribution in [2.45, 2.75) is 13.5 Å². The molecule has 23 heavy (non-hydrogen) atoms. The van der Waals surface area contributed by atoms with Crippen LogP contribution in [0.1, 0.15) is 17.5 Å². The molecule has 0 aliphatic heterocycles. The van der Waals surface area contributed by atoms with Crippen LogP contribution in [-0.4, -0.2) is 27.9 Å². The third kappa shape index (κ3) is 3.08. The number of aryl methyl sites for hydroxylation is 1. The zero-order valence-electron chi connectivity index (χ0n) is 12.6. The van der Waals surface area contributed by atoms with Crippen LogP contribution in [0.3, 0.4) is 0 Å². The van der Waals surface area contributed by atoms with Crippen molar-refractivity contribution < 1.29 is 14.0 Å². The molecule has 3 aromatic rings. The summed E-state index contributed by atoms with van der Waals surface area (Å²) in [5, 5.41) is 5.21. The summed E-state index contributed by atoms with van der Waals surface area (Å²) in [5.41, 5.74) is 1.76. The van der Waals surface area contributed by atoms with Gasteiger partial charge in [-0.25, -0.2) is 4.98 Å². The van der Waals surface area contributed by atoms with Crippen LogP contribution < -0.4 is 10.6 Å². The summed E-state index contributed by atoms with van der Waals surface area (Å²) in [5.74, 6) is -0.159. The molecule has 2 aromatic heterocycles. The second-order valence-electron chi connectivity index (χ2n) is 4.88. The number of fused-ring (bicyclic) bond motifs is 1. The number of nitrogens with zero attached hydrogens (tertiary/aromatic N) is 2.